The Kier molecular flexibility index (Phi) is 4.04. The molecule has 0 saturated heterocycles. The van der Waals surface area contributed by atoms with E-state index in [1.165, 1.54) is 12.8 Å². The van der Waals surface area contributed by atoms with Crippen LogP contribution < -0.4 is 14.8 Å². The molecule has 1 aliphatic carbocycles. The molecule has 1 aromatic rings. The number of hydrogen-bond donors (Lipinski definition) is 1. The Hall–Kier alpha value is -1.48. The molecule has 1 saturated carbocycles. The van der Waals surface area contributed by atoms with E-state index in [-0.39, 0.29) is 0 Å². The summed E-state index contributed by atoms with van der Waals surface area (Å²) in [5.41, 5.74) is 1.08. The molecule has 0 radical (unpaired) electrons. The summed E-state index contributed by atoms with van der Waals surface area (Å²) in [6, 6.07) is 8.30. The quantitative estimate of drug-likeness (QED) is 0.733. The Morgan fingerprint density at radius 2 is 1.94 bits per heavy atom. The van der Waals surface area contributed by atoms with Crippen LogP contribution in [0.5, 0.6) is 11.5 Å². The summed E-state index contributed by atoms with van der Waals surface area (Å²) < 4.78 is 10.7. The molecule has 3 nitrogen and oxygen atoms in total. The number of hydrogen-bond acceptors (Lipinski definition) is 3. The second kappa shape index (κ2) is 5.73. The van der Waals surface area contributed by atoms with Crippen molar-refractivity contribution in [3.8, 4) is 11.5 Å². The Labute approximate surface area is 102 Å². The molecule has 92 valence electrons. The largest absolute Gasteiger partial charge is 0.497 e. The first-order chi connectivity index (χ1) is 8.28. The Morgan fingerprint density at radius 3 is 2.53 bits per heavy atom. The SMILES string of the molecule is C=C(CNC1CC1)COc1ccc(OC)cc1. The first-order valence-electron chi connectivity index (χ1n) is 5.95. The first kappa shape index (κ1) is 12.0. The minimum atomic E-state index is 0.562. The zero-order chi connectivity index (χ0) is 12.1. The lowest BCUT2D eigenvalue weighted by molar-refractivity contribution is 0.346. The van der Waals surface area contributed by atoms with Crippen molar-refractivity contribution in [1.82, 2.24) is 5.32 Å². The number of methoxy groups -OCH3 is 1. The van der Waals surface area contributed by atoms with Crippen molar-refractivity contribution in [2.24, 2.45) is 0 Å². The van der Waals surface area contributed by atoms with Crippen LogP contribution in [0.25, 0.3) is 0 Å². The van der Waals surface area contributed by atoms with Gasteiger partial charge in [-0.1, -0.05) is 6.58 Å². The summed E-state index contributed by atoms with van der Waals surface area (Å²) in [5, 5.41) is 3.41. The van der Waals surface area contributed by atoms with Crippen LogP contribution in [0, 0.1) is 0 Å². The molecule has 17 heavy (non-hydrogen) atoms. The van der Waals surface area contributed by atoms with Gasteiger partial charge in [0, 0.05) is 12.6 Å². The van der Waals surface area contributed by atoms with Crippen LogP contribution in [0.4, 0.5) is 0 Å². The van der Waals surface area contributed by atoms with Crippen molar-refractivity contribution < 1.29 is 9.47 Å². The highest BCUT2D eigenvalue weighted by Gasteiger charge is 2.19. The third kappa shape index (κ3) is 4.11. The molecule has 0 amide bonds. The third-order valence-corrected chi connectivity index (χ3v) is 2.72. The summed E-state index contributed by atoms with van der Waals surface area (Å²) in [4.78, 5) is 0. The van der Waals surface area contributed by atoms with Crippen LogP contribution in [0.1, 0.15) is 12.8 Å². The third-order valence-electron chi connectivity index (χ3n) is 2.72. The molecule has 0 heterocycles. The van der Waals surface area contributed by atoms with Crippen molar-refractivity contribution in [1.29, 1.82) is 0 Å². The van der Waals surface area contributed by atoms with Gasteiger partial charge >= 0.3 is 0 Å². The van der Waals surface area contributed by atoms with Crippen molar-refractivity contribution in [2.75, 3.05) is 20.3 Å². The molecular formula is C14H19NO2. The lowest BCUT2D eigenvalue weighted by Gasteiger charge is -2.09. The highest BCUT2D eigenvalue weighted by molar-refractivity contribution is 5.31. The van der Waals surface area contributed by atoms with E-state index in [4.69, 9.17) is 9.47 Å². The smallest absolute Gasteiger partial charge is 0.120 e. The predicted molar refractivity (Wildman–Crippen MR) is 68.7 cm³/mol. The average molecular weight is 233 g/mol. The second-order valence-electron chi connectivity index (χ2n) is 4.37. The first-order valence-corrected chi connectivity index (χ1v) is 5.95. The maximum atomic E-state index is 5.62. The van der Waals surface area contributed by atoms with Crippen LogP contribution >= 0.6 is 0 Å². The van der Waals surface area contributed by atoms with E-state index < -0.39 is 0 Å². The number of nitrogens with one attached hydrogen (secondary N) is 1. The molecule has 1 N–H and O–H groups in total. The molecule has 0 unspecified atom stereocenters. The van der Waals surface area contributed by atoms with E-state index in [1.54, 1.807) is 7.11 Å². The molecule has 0 atom stereocenters. The van der Waals surface area contributed by atoms with E-state index in [0.29, 0.717) is 12.6 Å². The van der Waals surface area contributed by atoms with E-state index >= 15 is 0 Å². The van der Waals surface area contributed by atoms with E-state index in [2.05, 4.69) is 11.9 Å². The fraction of sp³-hybridized carbons (Fsp3) is 0.429. The second-order valence-corrected chi connectivity index (χ2v) is 4.37. The maximum absolute atomic E-state index is 5.62. The normalized spacial score (nSPS) is 14.4. The van der Waals surface area contributed by atoms with Gasteiger partial charge in [0.25, 0.3) is 0 Å². The lowest BCUT2D eigenvalue weighted by atomic mass is 10.3. The maximum Gasteiger partial charge on any atom is 0.120 e. The Bertz CT molecular complexity index is 368. The van der Waals surface area contributed by atoms with Crippen LogP contribution in [0.2, 0.25) is 0 Å². The predicted octanol–water partition coefficient (Wildman–Crippen LogP) is 2.38. The fourth-order valence-corrected chi connectivity index (χ4v) is 1.48. The fourth-order valence-electron chi connectivity index (χ4n) is 1.48. The van der Waals surface area contributed by atoms with Gasteiger partial charge in [-0.2, -0.15) is 0 Å². The van der Waals surface area contributed by atoms with Gasteiger partial charge in [0.2, 0.25) is 0 Å². The van der Waals surface area contributed by atoms with Crippen LogP contribution in [-0.4, -0.2) is 26.3 Å². The Balaban J connectivity index is 1.70. The minimum Gasteiger partial charge on any atom is -0.497 e. The monoisotopic (exact) mass is 233 g/mol. The van der Waals surface area contributed by atoms with E-state index in [1.807, 2.05) is 24.3 Å². The van der Waals surface area contributed by atoms with Crippen molar-refractivity contribution in [3.05, 3.63) is 36.4 Å². The van der Waals surface area contributed by atoms with Crippen molar-refractivity contribution >= 4 is 0 Å². The summed E-state index contributed by atoms with van der Waals surface area (Å²) in [5.74, 6) is 1.69. The average Bonchev–Trinajstić information content (AvgIpc) is 3.18. The standard InChI is InChI=1S/C14H19NO2/c1-11(9-15-12-3-4-12)10-17-14-7-5-13(16-2)6-8-14/h5-8,12,15H,1,3-4,9-10H2,2H3. The molecular weight excluding hydrogens is 214 g/mol. The topological polar surface area (TPSA) is 30.5 Å². The molecule has 1 aliphatic rings. The number of benzene rings is 1. The highest BCUT2D eigenvalue weighted by Crippen LogP contribution is 2.19. The molecule has 3 heteroatoms. The molecule has 2 rings (SSSR count). The molecule has 0 spiro atoms. The van der Waals surface area contributed by atoms with Gasteiger partial charge < -0.3 is 14.8 Å². The van der Waals surface area contributed by atoms with Crippen molar-refractivity contribution in [3.63, 3.8) is 0 Å². The number of rotatable bonds is 7. The number of ether oxygens (including phenoxy) is 2. The summed E-state index contributed by atoms with van der Waals surface area (Å²) in [7, 11) is 1.65. The zero-order valence-corrected chi connectivity index (χ0v) is 10.2. The summed E-state index contributed by atoms with van der Waals surface area (Å²) in [6.45, 7) is 5.40. The minimum absolute atomic E-state index is 0.562. The Morgan fingerprint density at radius 1 is 1.29 bits per heavy atom. The van der Waals surface area contributed by atoms with Gasteiger partial charge in [-0.15, -0.1) is 0 Å². The van der Waals surface area contributed by atoms with E-state index in [0.717, 1.165) is 23.6 Å². The molecule has 1 aromatic carbocycles. The van der Waals surface area contributed by atoms with Gasteiger partial charge in [0.15, 0.2) is 0 Å². The summed E-state index contributed by atoms with van der Waals surface area (Å²) >= 11 is 0. The van der Waals surface area contributed by atoms with Crippen LogP contribution in [0.3, 0.4) is 0 Å². The van der Waals surface area contributed by atoms with Crippen LogP contribution in [-0.2, 0) is 0 Å². The van der Waals surface area contributed by atoms with Gasteiger partial charge in [-0.25, -0.2) is 0 Å². The van der Waals surface area contributed by atoms with Gasteiger partial charge in [0.05, 0.1) is 7.11 Å². The van der Waals surface area contributed by atoms with E-state index in [9.17, 15) is 0 Å². The molecule has 0 bridgehead atoms. The van der Waals surface area contributed by atoms with Gasteiger partial charge in [-0.3, -0.25) is 0 Å². The zero-order valence-electron chi connectivity index (χ0n) is 10.2. The molecule has 0 aliphatic heterocycles. The van der Waals surface area contributed by atoms with Crippen LogP contribution in [0.15, 0.2) is 36.4 Å². The van der Waals surface area contributed by atoms with Gasteiger partial charge in [0.1, 0.15) is 18.1 Å². The lowest BCUT2D eigenvalue weighted by Crippen LogP contribution is -2.21. The van der Waals surface area contributed by atoms with Gasteiger partial charge in [-0.05, 0) is 42.7 Å². The molecule has 0 aromatic heterocycles. The van der Waals surface area contributed by atoms with Crippen molar-refractivity contribution in [2.45, 2.75) is 18.9 Å². The molecule has 1 fully saturated rings. The highest BCUT2D eigenvalue weighted by atomic mass is 16.5. The summed E-state index contributed by atoms with van der Waals surface area (Å²) in [6.07, 6.45) is 2.60.